The molecule has 0 spiro atoms. The number of benzene rings is 2. The minimum absolute atomic E-state index is 0.0357. The number of aromatic nitrogens is 2. The quantitative estimate of drug-likeness (QED) is 0.133. The summed E-state index contributed by atoms with van der Waals surface area (Å²) < 4.78 is 21.8. The van der Waals surface area contributed by atoms with E-state index in [2.05, 4.69) is 22.1 Å². The predicted molar refractivity (Wildman–Crippen MR) is 174 cm³/mol. The molecule has 47 heavy (non-hydrogen) atoms. The number of hydrogen-bond donors (Lipinski definition) is 3. The Kier molecular flexibility index (Phi) is 11.8. The van der Waals surface area contributed by atoms with Crippen LogP contribution in [0.25, 0.3) is 22.6 Å². The number of rotatable bonds is 13. The van der Waals surface area contributed by atoms with Crippen molar-refractivity contribution in [1.82, 2.24) is 9.97 Å². The molecule has 4 rings (SSSR count). The van der Waals surface area contributed by atoms with Gasteiger partial charge in [0.1, 0.15) is 65.9 Å². The van der Waals surface area contributed by atoms with Crippen LogP contribution in [0.3, 0.4) is 0 Å². The lowest BCUT2D eigenvalue weighted by atomic mass is 9.97. The van der Waals surface area contributed by atoms with E-state index in [0.29, 0.717) is 44.3 Å². The number of nitriles is 2. The molecule has 0 saturated carbocycles. The Bertz CT molecular complexity index is 1820. The summed E-state index contributed by atoms with van der Waals surface area (Å²) in [5, 5.41) is 21.0. The molecule has 0 radical (unpaired) electrons. The molecule has 15 heteroatoms. The van der Waals surface area contributed by atoms with E-state index in [9.17, 15) is 20.1 Å². The lowest BCUT2D eigenvalue weighted by molar-refractivity contribution is -0.162. The second-order valence-corrected chi connectivity index (χ2v) is 11.6. The number of oxazole rings is 1. The molecular weight excluding hydrogens is 646 g/mol. The number of thioether (sulfide) groups is 1. The molecule has 0 fully saturated rings. The van der Waals surface area contributed by atoms with Crippen molar-refractivity contribution in [3.8, 4) is 40.5 Å². The Balaban J connectivity index is 1.52. The van der Waals surface area contributed by atoms with Gasteiger partial charge in [-0.2, -0.15) is 10.5 Å². The van der Waals surface area contributed by atoms with Crippen LogP contribution in [0.5, 0.6) is 5.75 Å². The molecule has 0 bridgehead atoms. The van der Waals surface area contributed by atoms with Gasteiger partial charge in [-0.1, -0.05) is 35.5 Å². The summed E-state index contributed by atoms with van der Waals surface area (Å²) in [4.78, 5) is 32.7. The van der Waals surface area contributed by atoms with E-state index in [1.807, 2.05) is 0 Å². The average molecular weight is 676 g/mol. The Hall–Kier alpha value is -5.12. The number of carbonyl (C=O) groups is 2. The van der Waals surface area contributed by atoms with Crippen molar-refractivity contribution < 1.29 is 28.2 Å². The summed E-state index contributed by atoms with van der Waals surface area (Å²) in [5.41, 5.74) is 19.7. The largest absolute Gasteiger partial charge is 0.490 e. The molecule has 0 amide bonds. The van der Waals surface area contributed by atoms with Crippen LogP contribution in [-0.4, -0.2) is 53.3 Å². The minimum Gasteiger partial charge on any atom is -0.490 e. The molecule has 242 valence electrons. The summed E-state index contributed by atoms with van der Waals surface area (Å²) in [6.07, 6.45) is 0.554. The summed E-state index contributed by atoms with van der Waals surface area (Å²) in [5.74, 6) is -0.316. The first-order chi connectivity index (χ1) is 22.5. The third-order valence-corrected chi connectivity index (χ3v) is 7.69. The molecular formula is C32H30ClN7O6S. The number of carbonyl (C=O) groups excluding carboxylic acids is 2. The van der Waals surface area contributed by atoms with Gasteiger partial charge in [0.25, 0.3) is 0 Å². The van der Waals surface area contributed by atoms with Crippen LogP contribution in [0.4, 0.5) is 5.82 Å². The van der Waals surface area contributed by atoms with Gasteiger partial charge in [0.15, 0.2) is 6.10 Å². The maximum absolute atomic E-state index is 12.1. The zero-order valence-electron chi connectivity index (χ0n) is 25.3. The number of pyridine rings is 1. The monoisotopic (exact) mass is 675 g/mol. The lowest BCUT2D eigenvalue weighted by Crippen LogP contribution is -2.38. The highest BCUT2D eigenvalue weighted by molar-refractivity contribution is 7.98. The number of hydrogen-bond acceptors (Lipinski definition) is 14. The topological polar surface area (TPSA) is 226 Å². The molecule has 2 aromatic carbocycles. The van der Waals surface area contributed by atoms with Crippen molar-refractivity contribution in [2.45, 2.75) is 42.8 Å². The number of nitrogens with two attached hydrogens (primary N) is 3. The fraction of sp³-hybridized carbons (Fsp3) is 0.250. The van der Waals surface area contributed by atoms with Gasteiger partial charge in [0, 0.05) is 21.9 Å². The summed E-state index contributed by atoms with van der Waals surface area (Å²) in [7, 11) is 0. The van der Waals surface area contributed by atoms with Gasteiger partial charge < -0.3 is 35.8 Å². The average Bonchev–Trinajstić information content (AvgIpc) is 3.54. The third-order valence-electron chi connectivity index (χ3n) is 6.43. The first-order valence-corrected chi connectivity index (χ1v) is 15.4. The molecule has 0 aliphatic heterocycles. The van der Waals surface area contributed by atoms with E-state index in [0.717, 1.165) is 5.56 Å². The van der Waals surface area contributed by atoms with Crippen molar-refractivity contribution >= 4 is 41.1 Å². The maximum atomic E-state index is 12.1. The smallest absolute Gasteiger partial charge is 0.323 e. The zero-order chi connectivity index (χ0) is 34.1. The molecule has 4 aromatic rings. The highest BCUT2D eigenvalue weighted by atomic mass is 35.5. The maximum Gasteiger partial charge on any atom is 0.323 e. The van der Waals surface area contributed by atoms with Crippen molar-refractivity contribution in [1.29, 1.82) is 10.5 Å². The number of esters is 2. The molecule has 0 saturated heterocycles. The van der Waals surface area contributed by atoms with Gasteiger partial charge in [0.05, 0.1) is 11.3 Å². The molecule has 13 nitrogen and oxygen atoms in total. The van der Waals surface area contributed by atoms with Gasteiger partial charge >= 0.3 is 11.9 Å². The van der Waals surface area contributed by atoms with Crippen LogP contribution < -0.4 is 21.9 Å². The van der Waals surface area contributed by atoms with Gasteiger partial charge in [-0.3, -0.25) is 9.59 Å². The van der Waals surface area contributed by atoms with Crippen LogP contribution in [0.1, 0.15) is 30.7 Å². The molecule has 2 aromatic heterocycles. The fourth-order valence-corrected chi connectivity index (χ4v) is 5.03. The molecule has 3 unspecified atom stereocenters. The molecule has 2 heterocycles. The van der Waals surface area contributed by atoms with Gasteiger partial charge in [-0.15, -0.1) is 0 Å². The van der Waals surface area contributed by atoms with Crippen LogP contribution in [-0.2, 0) is 24.8 Å². The summed E-state index contributed by atoms with van der Waals surface area (Å²) >= 11 is 7.19. The lowest BCUT2D eigenvalue weighted by Gasteiger charge is -2.20. The Labute approximate surface area is 279 Å². The molecule has 0 aliphatic rings. The van der Waals surface area contributed by atoms with Crippen molar-refractivity contribution in [3.05, 3.63) is 76.6 Å². The van der Waals surface area contributed by atoms with E-state index >= 15 is 0 Å². The van der Waals surface area contributed by atoms with Crippen LogP contribution in [0.2, 0.25) is 5.02 Å². The molecule has 0 aliphatic carbocycles. The SMILES string of the molecule is CC(N)C(=O)OCC(COc1ccc(-c2c(C#N)c(N)nc(SCc3coc(-c4ccc(Cl)cc4)n3)c2C#N)cc1)OC(=O)C(C)N. The summed E-state index contributed by atoms with van der Waals surface area (Å²) in [6, 6.07) is 16.0. The second-order valence-electron chi connectivity index (χ2n) is 10.2. The summed E-state index contributed by atoms with van der Waals surface area (Å²) in [6.45, 7) is 2.47. The van der Waals surface area contributed by atoms with E-state index in [4.69, 9.17) is 47.4 Å². The number of ether oxygens (including phenoxy) is 3. The molecule has 3 atom stereocenters. The predicted octanol–water partition coefficient (Wildman–Crippen LogP) is 4.20. The second kappa shape index (κ2) is 15.9. The standard InChI is InChI=1S/C32H30ClN7O6S/c1-17(36)31(41)45-15-24(46-32(42)18(2)37)14-43-23-9-5-19(6-10-23)27-25(11-34)28(38)40-30(26(27)12-35)47-16-22-13-44-29(39-22)20-3-7-21(33)8-4-20/h3-10,13,17-18,24H,14-16,36-37H2,1-2H3,(H2,38,40). The van der Waals surface area contributed by atoms with E-state index < -0.39 is 30.1 Å². The van der Waals surface area contributed by atoms with Crippen LogP contribution in [0, 0.1) is 22.7 Å². The van der Waals surface area contributed by atoms with Gasteiger partial charge in [0.2, 0.25) is 5.89 Å². The van der Waals surface area contributed by atoms with Gasteiger partial charge in [-0.25, -0.2) is 9.97 Å². The van der Waals surface area contributed by atoms with Crippen LogP contribution >= 0.6 is 23.4 Å². The normalized spacial score (nSPS) is 12.7. The third kappa shape index (κ3) is 9.00. The highest BCUT2D eigenvalue weighted by Gasteiger charge is 2.23. The number of nitrogens with zero attached hydrogens (tertiary/aromatic N) is 4. The van der Waals surface area contributed by atoms with Crippen molar-refractivity contribution in [3.63, 3.8) is 0 Å². The fourth-order valence-electron chi connectivity index (χ4n) is 4.03. The van der Waals surface area contributed by atoms with E-state index in [1.165, 1.54) is 31.9 Å². The zero-order valence-corrected chi connectivity index (χ0v) is 26.9. The number of halogens is 1. The molecule has 6 N–H and O–H groups in total. The van der Waals surface area contributed by atoms with Crippen molar-refractivity contribution in [2.24, 2.45) is 11.5 Å². The Morgan fingerprint density at radius 3 is 2.19 bits per heavy atom. The van der Waals surface area contributed by atoms with Crippen molar-refractivity contribution in [2.75, 3.05) is 18.9 Å². The Morgan fingerprint density at radius 2 is 1.57 bits per heavy atom. The number of nitrogen functional groups attached to an aromatic ring is 1. The van der Waals surface area contributed by atoms with Gasteiger partial charge in [-0.05, 0) is 55.8 Å². The first-order valence-electron chi connectivity index (χ1n) is 14.1. The van der Waals surface area contributed by atoms with Crippen LogP contribution in [0.15, 0.2) is 64.2 Å². The van der Waals surface area contributed by atoms with E-state index in [1.54, 1.807) is 48.5 Å². The minimum atomic E-state index is -0.960. The number of anilines is 1. The highest BCUT2D eigenvalue weighted by Crippen LogP contribution is 2.37. The Morgan fingerprint density at radius 1 is 0.936 bits per heavy atom. The van der Waals surface area contributed by atoms with E-state index in [-0.39, 0.29) is 30.2 Å². The first kappa shape index (κ1) is 34.7.